The maximum Gasteiger partial charge on any atom is 0.180 e. The highest BCUT2D eigenvalue weighted by molar-refractivity contribution is 7.15. The Morgan fingerprint density at radius 3 is 2.94 bits per heavy atom. The van der Waals surface area contributed by atoms with Crippen LogP contribution in [0, 0.1) is 18.3 Å². The molecule has 1 aromatic carbocycles. The lowest BCUT2D eigenvalue weighted by atomic mass is 10.1. The Hall–Kier alpha value is -1.86. The van der Waals surface area contributed by atoms with Gasteiger partial charge in [-0.25, -0.2) is 4.98 Å². The van der Waals surface area contributed by atoms with Gasteiger partial charge in [0.05, 0.1) is 17.3 Å². The summed E-state index contributed by atoms with van der Waals surface area (Å²) in [6.07, 6.45) is 0.788. The number of nitriles is 1. The van der Waals surface area contributed by atoms with Crippen LogP contribution >= 0.6 is 11.3 Å². The first kappa shape index (κ1) is 10.7. The van der Waals surface area contributed by atoms with Gasteiger partial charge in [0.2, 0.25) is 0 Å². The molecule has 0 aliphatic rings. The normalized spacial score (nSPS) is 10.0. The first-order valence-corrected chi connectivity index (χ1v) is 5.71. The summed E-state index contributed by atoms with van der Waals surface area (Å²) in [5.74, 6) is 0. The second kappa shape index (κ2) is 4.33. The zero-order valence-corrected chi connectivity index (χ0v) is 9.71. The molecule has 0 aliphatic carbocycles. The van der Waals surface area contributed by atoms with E-state index in [4.69, 9.17) is 11.0 Å². The number of nitrogen functional groups attached to an aromatic ring is 1. The van der Waals surface area contributed by atoms with Gasteiger partial charge in [-0.15, -0.1) is 11.3 Å². The zero-order chi connectivity index (χ0) is 11.5. The molecule has 3 nitrogen and oxygen atoms in total. The number of aromatic nitrogens is 1. The Morgan fingerprint density at radius 1 is 1.50 bits per heavy atom. The number of rotatable bonds is 2. The summed E-state index contributed by atoms with van der Waals surface area (Å²) in [5, 5.41) is 9.41. The van der Waals surface area contributed by atoms with E-state index in [1.807, 2.05) is 25.1 Å². The van der Waals surface area contributed by atoms with Gasteiger partial charge in [0.15, 0.2) is 5.13 Å². The molecule has 0 spiro atoms. The summed E-state index contributed by atoms with van der Waals surface area (Å²) in [6, 6.07) is 9.74. The molecule has 0 unspecified atom stereocenters. The molecule has 0 saturated heterocycles. The number of nitrogens with two attached hydrogens (primary N) is 1. The smallest absolute Gasteiger partial charge is 0.180 e. The SMILES string of the molecule is Cc1nc(N)sc1Cc1cccc(C#N)c1. The first-order valence-electron chi connectivity index (χ1n) is 4.90. The van der Waals surface area contributed by atoms with Crippen molar-refractivity contribution in [2.75, 3.05) is 5.73 Å². The van der Waals surface area contributed by atoms with Gasteiger partial charge >= 0.3 is 0 Å². The van der Waals surface area contributed by atoms with E-state index < -0.39 is 0 Å². The highest BCUT2D eigenvalue weighted by Crippen LogP contribution is 2.23. The summed E-state index contributed by atoms with van der Waals surface area (Å²) in [5.41, 5.74) is 8.43. The number of hydrogen-bond donors (Lipinski definition) is 1. The molecular weight excluding hydrogens is 218 g/mol. The number of hydrogen-bond acceptors (Lipinski definition) is 4. The molecule has 0 radical (unpaired) electrons. The average molecular weight is 229 g/mol. The summed E-state index contributed by atoms with van der Waals surface area (Å²) >= 11 is 1.51. The van der Waals surface area contributed by atoms with Gasteiger partial charge in [-0.3, -0.25) is 0 Å². The van der Waals surface area contributed by atoms with Gasteiger partial charge in [-0.2, -0.15) is 5.26 Å². The third kappa shape index (κ3) is 2.20. The Bertz CT molecular complexity index is 552. The average Bonchev–Trinajstić information content (AvgIpc) is 2.58. The minimum atomic E-state index is 0.601. The zero-order valence-electron chi connectivity index (χ0n) is 8.90. The van der Waals surface area contributed by atoms with E-state index >= 15 is 0 Å². The highest BCUT2D eigenvalue weighted by Gasteiger charge is 2.06. The van der Waals surface area contributed by atoms with Crippen molar-refractivity contribution in [3.63, 3.8) is 0 Å². The summed E-state index contributed by atoms with van der Waals surface area (Å²) in [4.78, 5) is 5.34. The van der Waals surface area contributed by atoms with E-state index in [1.165, 1.54) is 11.3 Å². The lowest BCUT2D eigenvalue weighted by Crippen LogP contribution is -1.88. The van der Waals surface area contributed by atoms with E-state index in [1.54, 1.807) is 6.07 Å². The maximum absolute atomic E-state index is 8.81. The molecular formula is C12H11N3S. The molecule has 2 rings (SSSR count). The molecule has 0 atom stereocenters. The van der Waals surface area contributed by atoms with Crippen LogP contribution in [0.5, 0.6) is 0 Å². The monoisotopic (exact) mass is 229 g/mol. The van der Waals surface area contributed by atoms with E-state index in [9.17, 15) is 0 Å². The van der Waals surface area contributed by atoms with Crippen LogP contribution in [0.25, 0.3) is 0 Å². The maximum atomic E-state index is 8.81. The Labute approximate surface area is 98.2 Å². The molecule has 0 saturated carbocycles. The Balaban J connectivity index is 2.27. The third-order valence-electron chi connectivity index (χ3n) is 2.33. The quantitative estimate of drug-likeness (QED) is 0.860. The van der Waals surface area contributed by atoms with Gasteiger partial charge in [0, 0.05) is 11.3 Å². The standard InChI is InChI=1S/C12H11N3S/c1-8-11(16-12(14)15-8)6-9-3-2-4-10(5-9)7-13/h2-5H,6H2,1H3,(H2,14,15). The molecule has 2 N–H and O–H groups in total. The first-order chi connectivity index (χ1) is 7.69. The van der Waals surface area contributed by atoms with Crippen molar-refractivity contribution < 1.29 is 0 Å². The van der Waals surface area contributed by atoms with Crippen molar-refractivity contribution in [3.8, 4) is 6.07 Å². The Kier molecular flexibility index (Phi) is 2.88. The molecule has 2 aromatic rings. The van der Waals surface area contributed by atoms with Crippen LogP contribution in [-0.4, -0.2) is 4.98 Å². The van der Waals surface area contributed by atoms with Crippen LogP contribution in [0.4, 0.5) is 5.13 Å². The van der Waals surface area contributed by atoms with Crippen LogP contribution in [-0.2, 0) is 6.42 Å². The van der Waals surface area contributed by atoms with Gasteiger partial charge in [-0.1, -0.05) is 12.1 Å². The topological polar surface area (TPSA) is 62.7 Å². The minimum absolute atomic E-state index is 0.601. The van der Waals surface area contributed by atoms with E-state index in [-0.39, 0.29) is 0 Å². The predicted molar refractivity (Wildman–Crippen MR) is 65.2 cm³/mol. The van der Waals surface area contributed by atoms with Crippen molar-refractivity contribution in [2.24, 2.45) is 0 Å². The molecule has 1 heterocycles. The number of benzene rings is 1. The van der Waals surface area contributed by atoms with Gasteiger partial charge < -0.3 is 5.73 Å². The number of nitrogens with zero attached hydrogens (tertiary/aromatic N) is 2. The number of anilines is 1. The van der Waals surface area contributed by atoms with Crippen LogP contribution in [0.15, 0.2) is 24.3 Å². The summed E-state index contributed by atoms with van der Waals surface area (Å²) in [6.45, 7) is 1.95. The molecule has 0 aliphatic heterocycles. The van der Waals surface area contributed by atoms with Gasteiger partial charge in [-0.05, 0) is 24.6 Å². The van der Waals surface area contributed by atoms with Crippen molar-refractivity contribution >= 4 is 16.5 Å². The molecule has 0 bridgehead atoms. The molecule has 1 aromatic heterocycles. The van der Waals surface area contributed by atoms with E-state index in [0.717, 1.165) is 22.6 Å². The van der Waals surface area contributed by atoms with Crippen molar-refractivity contribution in [3.05, 3.63) is 46.0 Å². The largest absolute Gasteiger partial charge is 0.375 e. The molecule has 16 heavy (non-hydrogen) atoms. The Morgan fingerprint density at radius 2 is 2.31 bits per heavy atom. The third-order valence-corrected chi connectivity index (χ3v) is 3.32. The predicted octanol–water partition coefficient (Wildman–Crippen LogP) is 2.50. The van der Waals surface area contributed by atoms with Gasteiger partial charge in [0.25, 0.3) is 0 Å². The molecule has 4 heteroatoms. The lowest BCUT2D eigenvalue weighted by molar-refractivity contribution is 1.15. The van der Waals surface area contributed by atoms with Gasteiger partial charge in [0.1, 0.15) is 0 Å². The summed E-state index contributed by atoms with van der Waals surface area (Å²) in [7, 11) is 0. The van der Waals surface area contributed by atoms with Crippen LogP contribution in [0.1, 0.15) is 21.7 Å². The number of aryl methyl sites for hydroxylation is 1. The number of thiazole rings is 1. The molecule has 80 valence electrons. The van der Waals surface area contributed by atoms with Crippen molar-refractivity contribution in [1.82, 2.24) is 4.98 Å². The fourth-order valence-corrected chi connectivity index (χ4v) is 2.42. The summed E-state index contributed by atoms with van der Waals surface area (Å²) < 4.78 is 0. The van der Waals surface area contributed by atoms with E-state index in [2.05, 4.69) is 11.1 Å². The lowest BCUT2D eigenvalue weighted by Gasteiger charge is -1.99. The minimum Gasteiger partial charge on any atom is -0.375 e. The van der Waals surface area contributed by atoms with Crippen LogP contribution in [0.3, 0.4) is 0 Å². The van der Waals surface area contributed by atoms with Crippen molar-refractivity contribution in [1.29, 1.82) is 5.26 Å². The van der Waals surface area contributed by atoms with Crippen molar-refractivity contribution in [2.45, 2.75) is 13.3 Å². The fourth-order valence-electron chi connectivity index (χ4n) is 1.55. The second-order valence-electron chi connectivity index (χ2n) is 3.55. The highest BCUT2D eigenvalue weighted by atomic mass is 32.1. The second-order valence-corrected chi connectivity index (χ2v) is 4.66. The molecule has 0 fully saturated rings. The van der Waals surface area contributed by atoms with Crippen LogP contribution < -0.4 is 5.73 Å². The fraction of sp³-hybridized carbons (Fsp3) is 0.167. The molecule has 0 amide bonds. The van der Waals surface area contributed by atoms with Crippen LogP contribution in [0.2, 0.25) is 0 Å². The van der Waals surface area contributed by atoms with E-state index in [0.29, 0.717) is 10.7 Å².